The van der Waals surface area contributed by atoms with Gasteiger partial charge in [0.25, 0.3) is 11.2 Å². The van der Waals surface area contributed by atoms with Crippen molar-refractivity contribution in [3.63, 3.8) is 0 Å². The van der Waals surface area contributed by atoms with E-state index in [0.29, 0.717) is 16.5 Å². The molecule has 8 heteroatoms. The molecule has 0 unspecified atom stereocenters. The maximum atomic E-state index is 12.2. The first-order valence-electron chi connectivity index (χ1n) is 7.53. The molecule has 2 aromatic heterocycles. The minimum Gasteiger partial charge on any atom is -0.460 e. The second-order valence-electron chi connectivity index (χ2n) is 5.24. The van der Waals surface area contributed by atoms with Gasteiger partial charge in [0.1, 0.15) is 5.58 Å². The Morgan fingerprint density at radius 1 is 1.28 bits per heavy atom. The highest BCUT2D eigenvalue weighted by Crippen LogP contribution is 2.27. The largest absolute Gasteiger partial charge is 0.460 e. The third kappa shape index (κ3) is 3.14. The highest BCUT2D eigenvalue weighted by atomic mass is 16.6. The van der Waals surface area contributed by atoms with Gasteiger partial charge in [-0.2, -0.15) is 0 Å². The summed E-state index contributed by atoms with van der Waals surface area (Å²) in [5.74, 6) is -0.659. The summed E-state index contributed by atoms with van der Waals surface area (Å²) in [5, 5.41) is 11.6. The number of aromatic nitrogens is 1. The molecule has 2 heterocycles. The van der Waals surface area contributed by atoms with Crippen LogP contribution in [0.25, 0.3) is 11.0 Å². The van der Waals surface area contributed by atoms with Gasteiger partial charge in [-0.05, 0) is 13.0 Å². The Morgan fingerprint density at radius 2 is 2.04 bits per heavy atom. The normalized spacial score (nSPS) is 10.8. The summed E-state index contributed by atoms with van der Waals surface area (Å²) in [4.78, 5) is 34.6. The number of carbonyl (C=O) groups is 1. The van der Waals surface area contributed by atoms with Crippen molar-refractivity contribution in [3.8, 4) is 0 Å². The highest BCUT2D eigenvalue weighted by Gasteiger charge is 2.22. The van der Waals surface area contributed by atoms with Crippen LogP contribution < -0.4 is 5.56 Å². The minimum absolute atomic E-state index is 0.0125. The van der Waals surface area contributed by atoms with Gasteiger partial charge in [-0.1, -0.05) is 18.2 Å². The van der Waals surface area contributed by atoms with Crippen molar-refractivity contribution in [2.45, 2.75) is 13.5 Å². The molecule has 0 atom stereocenters. The fourth-order valence-corrected chi connectivity index (χ4v) is 2.54. The van der Waals surface area contributed by atoms with E-state index in [1.807, 2.05) is 0 Å². The van der Waals surface area contributed by atoms with Gasteiger partial charge in [0.2, 0.25) is 5.76 Å². The van der Waals surface area contributed by atoms with E-state index in [2.05, 4.69) is 0 Å². The summed E-state index contributed by atoms with van der Waals surface area (Å²) in [6, 6.07) is 9.22. The van der Waals surface area contributed by atoms with Crippen molar-refractivity contribution < 1.29 is 18.9 Å². The van der Waals surface area contributed by atoms with Gasteiger partial charge in [-0.15, -0.1) is 0 Å². The molecule has 8 nitrogen and oxygen atoms in total. The number of hydrogen-bond acceptors (Lipinski definition) is 6. The van der Waals surface area contributed by atoms with Crippen LogP contribution in [-0.4, -0.2) is 22.1 Å². The molecule has 0 aliphatic rings. The zero-order valence-corrected chi connectivity index (χ0v) is 13.3. The Kier molecular flexibility index (Phi) is 4.34. The monoisotopic (exact) mass is 342 g/mol. The molecule has 3 aromatic rings. The number of para-hydroxylation sites is 1. The summed E-state index contributed by atoms with van der Waals surface area (Å²) in [6.07, 6.45) is 1.14. The van der Waals surface area contributed by atoms with Crippen molar-refractivity contribution in [1.82, 2.24) is 4.57 Å². The molecule has 0 saturated carbocycles. The first kappa shape index (κ1) is 16.4. The van der Waals surface area contributed by atoms with Gasteiger partial charge in [0.05, 0.1) is 24.3 Å². The standard InChI is InChI=1S/C17H14N2O6/c1-2-24-17(21)16-13(12-5-3-4-6-14(12)25-16)10-18-9-11(19(22)23)7-8-15(18)20/h3-9H,2,10H2,1H3. The molecule has 0 fully saturated rings. The first-order chi connectivity index (χ1) is 12.0. The van der Waals surface area contributed by atoms with Gasteiger partial charge < -0.3 is 13.7 Å². The summed E-state index contributed by atoms with van der Waals surface area (Å²) in [5.41, 5.74) is 0.270. The molecular formula is C17H14N2O6. The molecule has 0 aliphatic heterocycles. The van der Waals surface area contributed by atoms with Gasteiger partial charge in [-0.25, -0.2) is 4.79 Å². The van der Waals surface area contributed by atoms with Crippen LogP contribution in [0.1, 0.15) is 23.0 Å². The number of rotatable bonds is 5. The van der Waals surface area contributed by atoms with Crippen molar-refractivity contribution in [1.29, 1.82) is 0 Å². The Balaban J connectivity index is 2.13. The Bertz CT molecular complexity index is 1020. The van der Waals surface area contributed by atoms with E-state index in [4.69, 9.17) is 9.15 Å². The maximum absolute atomic E-state index is 12.2. The first-order valence-corrected chi connectivity index (χ1v) is 7.53. The predicted octanol–water partition coefficient (Wildman–Crippen LogP) is 2.73. The lowest BCUT2D eigenvalue weighted by molar-refractivity contribution is -0.385. The molecule has 3 rings (SSSR count). The summed E-state index contributed by atoms with van der Waals surface area (Å²) >= 11 is 0. The lowest BCUT2D eigenvalue weighted by atomic mass is 10.1. The van der Waals surface area contributed by atoms with Crippen molar-refractivity contribution >= 4 is 22.6 Å². The Hall–Kier alpha value is -3.42. The zero-order chi connectivity index (χ0) is 18.0. The number of carbonyl (C=O) groups excluding carboxylic acids is 1. The van der Waals surface area contributed by atoms with Gasteiger partial charge >= 0.3 is 5.97 Å². The summed E-state index contributed by atoms with van der Waals surface area (Å²) in [7, 11) is 0. The number of nitrogens with zero attached hydrogens (tertiary/aromatic N) is 2. The Morgan fingerprint density at radius 3 is 2.76 bits per heavy atom. The number of nitro groups is 1. The number of ether oxygens (including phenoxy) is 1. The van der Waals surface area contributed by atoms with Crippen LogP contribution in [0.5, 0.6) is 0 Å². The molecule has 1 aromatic carbocycles. The van der Waals surface area contributed by atoms with Crippen LogP contribution in [-0.2, 0) is 11.3 Å². The van der Waals surface area contributed by atoms with Crippen LogP contribution in [0.15, 0.2) is 51.8 Å². The number of fused-ring (bicyclic) bond motifs is 1. The predicted molar refractivity (Wildman–Crippen MR) is 88.6 cm³/mol. The second-order valence-corrected chi connectivity index (χ2v) is 5.24. The average molecular weight is 342 g/mol. The highest BCUT2D eigenvalue weighted by molar-refractivity contribution is 5.96. The van der Waals surface area contributed by atoms with E-state index >= 15 is 0 Å². The van der Waals surface area contributed by atoms with E-state index in [1.54, 1.807) is 31.2 Å². The van der Waals surface area contributed by atoms with Crippen molar-refractivity contribution in [2.24, 2.45) is 0 Å². The molecule has 0 saturated heterocycles. The SMILES string of the molecule is CCOC(=O)c1oc2ccccc2c1Cn1cc([N+](=O)[O-])ccc1=O. The van der Waals surface area contributed by atoms with Crippen molar-refractivity contribution in [2.75, 3.05) is 6.61 Å². The van der Waals surface area contributed by atoms with E-state index in [0.717, 1.165) is 22.9 Å². The van der Waals surface area contributed by atoms with E-state index in [9.17, 15) is 19.7 Å². The van der Waals surface area contributed by atoms with E-state index in [1.165, 1.54) is 0 Å². The molecule has 0 N–H and O–H groups in total. The third-order valence-electron chi connectivity index (χ3n) is 3.67. The lowest BCUT2D eigenvalue weighted by Crippen LogP contribution is -2.20. The van der Waals surface area contributed by atoms with E-state index in [-0.39, 0.29) is 24.6 Å². The molecule has 0 radical (unpaired) electrons. The zero-order valence-electron chi connectivity index (χ0n) is 13.3. The van der Waals surface area contributed by atoms with Crippen LogP contribution in [0, 0.1) is 10.1 Å². The number of hydrogen-bond donors (Lipinski definition) is 0. The molecule has 0 aliphatic carbocycles. The Labute approximate surface area is 141 Å². The number of pyridine rings is 1. The van der Waals surface area contributed by atoms with Crippen LogP contribution in [0.3, 0.4) is 0 Å². The minimum atomic E-state index is -0.646. The summed E-state index contributed by atoms with van der Waals surface area (Å²) < 4.78 is 11.7. The fraction of sp³-hybridized carbons (Fsp3) is 0.176. The molecule has 25 heavy (non-hydrogen) atoms. The maximum Gasteiger partial charge on any atom is 0.374 e. The molecule has 0 amide bonds. The molecule has 128 valence electrons. The number of benzene rings is 1. The van der Waals surface area contributed by atoms with Crippen LogP contribution in [0.4, 0.5) is 5.69 Å². The quantitative estimate of drug-likeness (QED) is 0.401. The number of esters is 1. The van der Waals surface area contributed by atoms with Crippen LogP contribution >= 0.6 is 0 Å². The fourth-order valence-electron chi connectivity index (χ4n) is 2.54. The van der Waals surface area contributed by atoms with Crippen molar-refractivity contribution in [3.05, 3.63) is 74.4 Å². The van der Waals surface area contributed by atoms with Gasteiger partial charge in [0.15, 0.2) is 0 Å². The third-order valence-corrected chi connectivity index (χ3v) is 3.67. The van der Waals surface area contributed by atoms with Gasteiger partial charge in [0, 0.05) is 23.1 Å². The molecular weight excluding hydrogens is 328 g/mol. The summed E-state index contributed by atoms with van der Waals surface area (Å²) in [6.45, 7) is 1.79. The average Bonchev–Trinajstić information content (AvgIpc) is 2.95. The second kappa shape index (κ2) is 6.60. The van der Waals surface area contributed by atoms with Crippen LogP contribution in [0.2, 0.25) is 0 Å². The lowest BCUT2D eigenvalue weighted by Gasteiger charge is -2.06. The number of furan rings is 1. The molecule has 0 spiro atoms. The van der Waals surface area contributed by atoms with Gasteiger partial charge in [-0.3, -0.25) is 14.9 Å². The topological polar surface area (TPSA) is 105 Å². The van der Waals surface area contributed by atoms with E-state index < -0.39 is 16.5 Å². The smallest absolute Gasteiger partial charge is 0.374 e. The molecule has 0 bridgehead atoms.